The fraction of sp³-hybridized carbons (Fsp3) is 0.375. The van der Waals surface area contributed by atoms with Crippen LogP contribution in [-0.4, -0.2) is 48.5 Å². The fourth-order valence-electron chi connectivity index (χ4n) is 2.68. The molecule has 0 atom stereocenters. The first-order valence-electron chi connectivity index (χ1n) is 7.38. The highest BCUT2D eigenvalue weighted by atomic mass is 16.2. The Morgan fingerprint density at radius 3 is 3.19 bits per heavy atom. The summed E-state index contributed by atoms with van der Waals surface area (Å²) in [4.78, 5) is 18.6. The molecule has 0 bridgehead atoms. The van der Waals surface area contributed by atoms with Crippen molar-refractivity contribution in [3.8, 4) is 0 Å². The van der Waals surface area contributed by atoms with Crippen molar-refractivity contribution in [1.29, 1.82) is 0 Å². The summed E-state index contributed by atoms with van der Waals surface area (Å²) in [7, 11) is 0. The van der Waals surface area contributed by atoms with E-state index in [1.54, 1.807) is 6.20 Å². The molecular weight excluding hydrogens is 264 g/mol. The molecule has 0 aliphatic carbocycles. The van der Waals surface area contributed by atoms with Crippen LogP contribution in [0.5, 0.6) is 0 Å². The number of carbonyl (C=O) groups excluding carboxylic acids is 1. The number of nitrogens with zero attached hydrogens (tertiary/aromatic N) is 2. The van der Waals surface area contributed by atoms with Gasteiger partial charge in [-0.1, -0.05) is 12.1 Å². The van der Waals surface area contributed by atoms with Crippen molar-refractivity contribution < 1.29 is 4.79 Å². The second kappa shape index (κ2) is 6.65. The Bertz CT molecular complexity index is 615. The maximum Gasteiger partial charge on any atom is 0.238 e. The Hall–Kier alpha value is -1.98. The average Bonchev–Trinajstić information content (AvgIpc) is 2.76. The summed E-state index contributed by atoms with van der Waals surface area (Å²) in [5.41, 5.74) is 0.854. The van der Waals surface area contributed by atoms with Gasteiger partial charge < -0.3 is 10.6 Å². The Morgan fingerprint density at radius 2 is 2.24 bits per heavy atom. The highest BCUT2D eigenvalue weighted by molar-refractivity contribution is 6.02. The van der Waals surface area contributed by atoms with Crippen molar-refractivity contribution in [3.63, 3.8) is 0 Å². The van der Waals surface area contributed by atoms with Gasteiger partial charge in [0.05, 0.1) is 6.54 Å². The molecule has 2 heterocycles. The third-order valence-electron chi connectivity index (χ3n) is 3.75. The third kappa shape index (κ3) is 3.56. The molecule has 5 nitrogen and oxygen atoms in total. The number of fused-ring (bicyclic) bond motifs is 1. The number of pyridine rings is 1. The topological polar surface area (TPSA) is 57.3 Å². The van der Waals surface area contributed by atoms with Gasteiger partial charge >= 0.3 is 0 Å². The SMILES string of the molecule is O=C(CN1CCCNCC1)Nc1cccc2cnccc12. The second-order valence-electron chi connectivity index (χ2n) is 5.33. The first-order valence-corrected chi connectivity index (χ1v) is 7.38. The minimum Gasteiger partial charge on any atom is -0.324 e. The highest BCUT2D eigenvalue weighted by Crippen LogP contribution is 2.21. The molecule has 1 fully saturated rings. The molecule has 21 heavy (non-hydrogen) atoms. The monoisotopic (exact) mass is 284 g/mol. The number of benzene rings is 1. The van der Waals surface area contributed by atoms with E-state index in [0.29, 0.717) is 6.54 Å². The number of aromatic nitrogens is 1. The van der Waals surface area contributed by atoms with Crippen LogP contribution in [0.3, 0.4) is 0 Å². The fourth-order valence-corrected chi connectivity index (χ4v) is 2.68. The van der Waals surface area contributed by atoms with E-state index in [2.05, 4.69) is 20.5 Å². The van der Waals surface area contributed by atoms with E-state index < -0.39 is 0 Å². The number of rotatable bonds is 3. The van der Waals surface area contributed by atoms with Crippen molar-refractivity contribution in [2.75, 3.05) is 38.0 Å². The lowest BCUT2D eigenvalue weighted by atomic mass is 10.1. The minimum absolute atomic E-state index is 0.0428. The highest BCUT2D eigenvalue weighted by Gasteiger charge is 2.13. The van der Waals surface area contributed by atoms with Gasteiger partial charge in [-0.15, -0.1) is 0 Å². The molecule has 0 unspecified atom stereocenters. The Labute approximate surface area is 124 Å². The van der Waals surface area contributed by atoms with Crippen LogP contribution in [0.25, 0.3) is 10.8 Å². The number of anilines is 1. The largest absolute Gasteiger partial charge is 0.324 e. The van der Waals surface area contributed by atoms with Crippen molar-refractivity contribution in [2.45, 2.75) is 6.42 Å². The van der Waals surface area contributed by atoms with Gasteiger partial charge in [0.1, 0.15) is 0 Å². The maximum atomic E-state index is 12.2. The van der Waals surface area contributed by atoms with Crippen LogP contribution in [0.1, 0.15) is 6.42 Å². The molecule has 5 heteroatoms. The smallest absolute Gasteiger partial charge is 0.238 e. The summed E-state index contributed by atoms with van der Waals surface area (Å²) < 4.78 is 0. The van der Waals surface area contributed by atoms with E-state index in [0.717, 1.165) is 49.1 Å². The number of amides is 1. The van der Waals surface area contributed by atoms with Crippen LogP contribution in [0, 0.1) is 0 Å². The van der Waals surface area contributed by atoms with Gasteiger partial charge in [0, 0.05) is 41.9 Å². The predicted octanol–water partition coefficient (Wildman–Crippen LogP) is 1.47. The van der Waals surface area contributed by atoms with Crippen molar-refractivity contribution in [3.05, 3.63) is 36.7 Å². The van der Waals surface area contributed by atoms with E-state index in [1.807, 2.05) is 30.5 Å². The Morgan fingerprint density at radius 1 is 1.29 bits per heavy atom. The molecule has 1 amide bonds. The lowest BCUT2D eigenvalue weighted by Crippen LogP contribution is -2.35. The molecule has 0 radical (unpaired) electrons. The summed E-state index contributed by atoms with van der Waals surface area (Å²) in [5.74, 6) is 0.0428. The predicted molar refractivity (Wildman–Crippen MR) is 84.3 cm³/mol. The van der Waals surface area contributed by atoms with Gasteiger partial charge in [-0.3, -0.25) is 14.7 Å². The molecule has 2 N–H and O–H groups in total. The van der Waals surface area contributed by atoms with Gasteiger partial charge in [-0.25, -0.2) is 0 Å². The van der Waals surface area contributed by atoms with E-state index in [4.69, 9.17) is 0 Å². The third-order valence-corrected chi connectivity index (χ3v) is 3.75. The molecule has 1 saturated heterocycles. The maximum absolute atomic E-state index is 12.2. The zero-order valence-electron chi connectivity index (χ0n) is 12.0. The second-order valence-corrected chi connectivity index (χ2v) is 5.33. The molecule has 1 aliphatic heterocycles. The van der Waals surface area contributed by atoms with E-state index in [9.17, 15) is 4.79 Å². The molecule has 1 aliphatic rings. The average molecular weight is 284 g/mol. The van der Waals surface area contributed by atoms with Crippen molar-refractivity contribution in [1.82, 2.24) is 15.2 Å². The lowest BCUT2D eigenvalue weighted by Gasteiger charge is -2.19. The number of nitrogens with one attached hydrogen (secondary N) is 2. The number of hydrogen-bond donors (Lipinski definition) is 2. The molecule has 0 spiro atoms. The first kappa shape index (κ1) is 14.0. The molecule has 3 rings (SSSR count). The van der Waals surface area contributed by atoms with E-state index in [-0.39, 0.29) is 5.91 Å². The molecular formula is C16H20N4O. The number of carbonyl (C=O) groups is 1. The Kier molecular flexibility index (Phi) is 4.43. The van der Waals surface area contributed by atoms with Crippen LogP contribution < -0.4 is 10.6 Å². The zero-order chi connectivity index (χ0) is 14.5. The lowest BCUT2D eigenvalue weighted by molar-refractivity contribution is -0.117. The minimum atomic E-state index is 0.0428. The summed E-state index contributed by atoms with van der Waals surface area (Å²) in [6.07, 6.45) is 4.65. The summed E-state index contributed by atoms with van der Waals surface area (Å²) in [5, 5.41) is 8.43. The first-order chi connectivity index (χ1) is 10.3. The van der Waals surface area contributed by atoms with Crippen LogP contribution in [0.4, 0.5) is 5.69 Å². The van der Waals surface area contributed by atoms with Crippen molar-refractivity contribution in [2.24, 2.45) is 0 Å². The van der Waals surface area contributed by atoms with Crippen LogP contribution in [-0.2, 0) is 4.79 Å². The quantitative estimate of drug-likeness (QED) is 0.896. The van der Waals surface area contributed by atoms with Gasteiger partial charge in [0.25, 0.3) is 0 Å². The summed E-state index contributed by atoms with van der Waals surface area (Å²) in [6, 6.07) is 7.80. The van der Waals surface area contributed by atoms with E-state index in [1.165, 1.54) is 0 Å². The van der Waals surface area contributed by atoms with Crippen LogP contribution in [0.2, 0.25) is 0 Å². The molecule has 1 aromatic carbocycles. The number of hydrogen-bond acceptors (Lipinski definition) is 4. The zero-order valence-corrected chi connectivity index (χ0v) is 12.0. The van der Waals surface area contributed by atoms with Crippen molar-refractivity contribution >= 4 is 22.4 Å². The summed E-state index contributed by atoms with van der Waals surface area (Å²) >= 11 is 0. The summed E-state index contributed by atoms with van der Waals surface area (Å²) in [6.45, 7) is 4.33. The molecule has 0 saturated carbocycles. The van der Waals surface area contributed by atoms with Crippen LogP contribution >= 0.6 is 0 Å². The van der Waals surface area contributed by atoms with Crippen LogP contribution in [0.15, 0.2) is 36.7 Å². The Balaban J connectivity index is 1.68. The molecule has 2 aromatic rings. The normalized spacial score (nSPS) is 16.6. The van der Waals surface area contributed by atoms with Gasteiger partial charge in [-0.2, -0.15) is 0 Å². The van der Waals surface area contributed by atoms with Gasteiger partial charge in [0.2, 0.25) is 5.91 Å². The molecule has 110 valence electrons. The van der Waals surface area contributed by atoms with E-state index >= 15 is 0 Å². The van der Waals surface area contributed by atoms with Gasteiger partial charge in [-0.05, 0) is 31.6 Å². The van der Waals surface area contributed by atoms with Gasteiger partial charge in [0.15, 0.2) is 0 Å². The molecule has 1 aromatic heterocycles. The standard InChI is InChI=1S/C16H20N4O/c21-16(12-20-9-2-6-17-8-10-20)19-15-4-1-3-13-11-18-7-5-14(13)15/h1,3-5,7,11,17H,2,6,8-10,12H2,(H,19,21).